The van der Waals surface area contributed by atoms with Gasteiger partial charge in [-0.2, -0.15) is 15.0 Å². The van der Waals surface area contributed by atoms with Crippen LogP contribution in [-0.4, -0.2) is 61.0 Å². The largest absolute Gasteiger partial charge is 0.361 e. The van der Waals surface area contributed by atoms with E-state index in [1.807, 2.05) is 0 Å². The quantitative estimate of drug-likeness (QED) is 0.271. The summed E-state index contributed by atoms with van der Waals surface area (Å²) in [6, 6.07) is -0.868. The second kappa shape index (κ2) is 37.3. The average Bonchev–Trinajstić information content (AvgIpc) is 2.48. The number of hydrogen-bond donors (Lipinski definition) is 2. The first-order chi connectivity index (χ1) is 10.9. The Balaban J connectivity index is -0.0000000467. The first-order valence-electron chi connectivity index (χ1n) is 5.52. The van der Waals surface area contributed by atoms with Gasteiger partial charge in [-0.05, 0) is 0 Å². The molecule has 0 saturated carbocycles. The number of isocyanates is 3. The summed E-state index contributed by atoms with van der Waals surface area (Å²) in [5.74, 6) is -1.30. The summed E-state index contributed by atoms with van der Waals surface area (Å²) < 4.78 is 0. The Morgan fingerprint density at radius 1 is 0.793 bits per heavy atom. The fourth-order valence-electron chi connectivity index (χ4n) is 0.751. The molecule has 0 bridgehead atoms. The maximum absolute atomic E-state index is 11.1. The van der Waals surface area contributed by atoms with Gasteiger partial charge in [-0.1, -0.05) is 22.3 Å². The molecule has 0 aromatic heterocycles. The van der Waals surface area contributed by atoms with Crippen LogP contribution < -0.4 is 10.6 Å². The molecule has 0 spiro atoms. The van der Waals surface area contributed by atoms with E-state index in [1.54, 1.807) is 0 Å². The van der Waals surface area contributed by atoms with Gasteiger partial charge in [-0.15, -0.1) is 0 Å². The number of imide groups is 1. The molecule has 4 amide bonds. The van der Waals surface area contributed by atoms with Crippen LogP contribution in [0.2, 0.25) is 0 Å². The van der Waals surface area contributed by atoms with Gasteiger partial charge in [0, 0.05) is 65.4 Å². The standard InChI is InChI=1S/C7H7N4O4.C4H5N2O2.3CH4.CH3.2Y/c1-6(14)11(3-9-5-13)7(15)10-2-8-4-12;1-4(8)6-2-5-3-7;;;;;;/h1-3H2,(H,10,15);1-2H2,(H,6,8);3*1H4;1H3;;/q2*-1;;;;-1;;. The first-order valence-corrected chi connectivity index (χ1v) is 5.52. The Bertz CT molecular complexity index is 570. The molecule has 2 N–H and O–H groups in total. The third-order valence-electron chi connectivity index (χ3n) is 1.62. The first kappa shape index (κ1) is 50.8. The van der Waals surface area contributed by atoms with Gasteiger partial charge in [0.05, 0.1) is 11.8 Å². The zero-order valence-electron chi connectivity index (χ0n) is 13.9. The predicted octanol–water partition coefficient (Wildman–Crippen LogP) is 0.529. The molecular weight excluding hydrogens is 538 g/mol. The van der Waals surface area contributed by atoms with Crippen LogP contribution >= 0.6 is 0 Å². The molecule has 0 saturated heterocycles. The maximum Gasteiger partial charge on any atom is 0.325 e. The number of hydrogen-bond acceptors (Lipinski definition) is 9. The van der Waals surface area contributed by atoms with Crippen LogP contribution in [-0.2, 0) is 89.4 Å². The Labute approximate surface area is 222 Å². The minimum absolute atomic E-state index is 0. The number of carbonyl (C=O) groups excluding carboxylic acids is 6. The van der Waals surface area contributed by atoms with Crippen molar-refractivity contribution in [2.45, 2.75) is 22.3 Å². The van der Waals surface area contributed by atoms with Crippen molar-refractivity contribution in [3.63, 3.8) is 0 Å². The minimum Gasteiger partial charge on any atom is -0.361 e. The Morgan fingerprint density at radius 3 is 1.48 bits per heavy atom. The topological polar surface area (TPSA) is 167 Å². The molecule has 0 atom stereocenters. The molecule has 0 heterocycles. The van der Waals surface area contributed by atoms with Crippen LogP contribution in [0.3, 0.4) is 0 Å². The van der Waals surface area contributed by atoms with Gasteiger partial charge in [0.15, 0.2) is 0 Å². The van der Waals surface area contributed by atoms with Crippen molar-refractivity contribution >= 4 is 36.1 Å². The van der Waals surface area contributed by atoms with Crippen molar-refractivity contribution in [2.24, 2.45) is 15.0 Å². The van der Waals surface area contributed by atoms with E-state index in [1.165, 1.54) is 12.2 Å². The summed E-state index contributed by atoms with van der Waals surface area (Å²) in [6.07, 6.45) is 3.61. The summed E-state index contributed by atoms with van der Waals surface area (Å²) >= 11 is 0. The Hall–Kier alpha value is -1.50. The molecule has 0 aliphatic carbocycles. The molecule has 29 heavy (non-hydrogen) atoms. The normalized spacial score (nSPS) is 6.07. The number of nitrogens with one attached hydrogen (secondary N) is 2. The van der Waals surface area contributed by atoms with Gasteiger partial charge in [0.25, 0.3) is 0 Å². The molecule has 12 nitrogen and oxygen atoms in total. The van der Waals surface area contributed by atoms with E-state index >= 15 is 0 Å². The van der Waals surface area contributed by atoms with Crippen molar-refractivity contribution in [2.75, 3.05) is 20.0 Å². The van der Waals surface area contributed by atoms with Crippen molar-refractivity contribution in [1.82, 2.24) is 15.5 Å². The zero-order chi connectivity index (χ0) is 18.1. The number of aliphatic imine (C=N–C) groups is 3. The van der Waals surface area contributed by atoms with Gasteiger partial charge in [0.1, 0.15) is 20.0 Å². The number of urea groups is 1. The second-order valence-corrected chi connectivity index (χ2v) is 3.11. The van der Waals surface area contributed by atoms with Crippen molar-refractivity contribution in [3.8, 4) is 0 Å². The summed E-state index contributed by atoms with van der Waals surface area (Å²) in [5.41, 5.74) is 0. The molecule has 2 radical (unpaired) electrons. The van der Waals surface area contributed by atoms with E-state index in [4.69, 9.17) is 0 Å². The van der Waals surface area contributed by atoms with E-state index in [2.05, 4.69) is 39.5 Å². The van der Waals surface area contributed by atoms with E-state index in [-0.39, 0.29) is 108 Å². The van der Waals surface area contributed by atoms with Crippen LogP contribution in [0.25, 0.3) is 0 Å². The molecule has 0 aliphatic rings. The maximum atomic E-state index is 11.1. The number of nitrogens with zero attached hydrogens (tertiary/aromatic N) is 4. The molecule has 162 valence electrons. The molecule has 0 aromatic carbocycles. The van der Waals surface area contributed by atoms with Gasteiger partial charge >= 0.3 is 6.03 Å². The van der Waals surface area contributed by atoms with Gasteiger partial charge in [-0.3, -0.25) is 4.90 Å². The third-order valence-corrected chi connectivity index (χ3v) is 1.62. The summed E-state index contributed by atoms with van der Waals surface area (Å²) in [4.78, 5) is 70.2. The van der Waals surface area contributed by atoms with Crippen LogP contribution in [0.1, 0.15) is 22.3 Å². The minimum atomic E-state index is -0.868. The van der Waals surface area contributed by atoms with E-state index in [0.717, 1.165) is 6.08 Å². The van der Waals surface area contributed by atoms with Crippen molar-refractivity contribution in [3.05, 3.63) is 21.3 Å². The number of carbonyl (C=O) groups is 3. The van der Waals surface area contributed by atoms with Crippen LogP contribution in [0.5, 0.6) is 0 Å². The average molecular weight is 565 g/mol. The van der Waals surface area contributed by atoms with Gasteiger partial charge in [0.2, 0.25) is 18.2 Å². The Kier molecular flexibility index (Phi) is 65.3. The molecular formula is C15H27N6O6Y2-3. The third kappa shape index (κ3) is 37.8. The number of amides is 4. The van der Waals surface area contributed by atoms with Crippen LogP contribution in [0.4, 0.5) is 4.79 Å². The second-order valence-electron chi connectivity index (χ2n) is 3.11. The SMILES string of the molecule is C.C.C.[CH2-]C(=O)N(CN=C=O)C(=O)NCN=C=O.[CH2-]C(=O)NCN=C=O.[CH3-].[Y].[Y]. The summed E-state index contributed by atoms with van der Waals surface area (Å²) in [5, 5.41) is 4.25. The molecule has 0 fully saturated rings. The van der Waals surface area contributed by atoms with Crippen molar-refractivity contribution in [1.29, 1.82) is 0 Å². The monoisotopic (exact) mass is 565 g/mol. The fourth-order valence-corrected chi connectivity index (χ4v) is 0.751. The molecule has 0 rings (SSSR count). The van der Waals surface area contributed by atoms with Gasteiger partial charge in [-0.25, -0.2) is 19.2 Å². The smallest absolute Gasteiger partial charge is 0.325 e. The van der Waals surface area contributed by atoms with Gasteiger partial charge < -0.3 is 41.5 Å². The summed E-state index contributed by atoms with van der Waals surface area (Å²) in [6.45, 7) is 5.10. The molecule has 0 aliphatic heterocycles. The molecule has 0 unspecified atom stereocenters. The molecule has 14 heteroatoms. The zero-order valence-corrected chi connectivity index (χ0v) is 19.6. The predicted molar refractivity (Wildman–Crippen MR) is 99.8 cm³/mol. The van der Waals surface area contributed by atoms with Crippen molar-refractivity contribution < 1.29 is 94.2 Å². The fraction of sp³-hybridized carbons (Fsp3) is 0.400. The van der Waals surface area contributed by atoms with Crippen LogP contribution in [0.15, 0.2) is 15.0 Å². The summed E-state index contributed by atoms with van der Waals surface area (Å²) in [7, 11) is 0. The Morgan fingerprint density at radius 2 is 1.17 bits per heavy atom. The van der Waals surface area contributed by atoms with Crippen LogP contribution in [0, 0.1) is 21.3 Å². The van der Waals surface area contributed by atoms with E-state index in [9.17, 15) is 28.8 Å². The molecule has 0 aromatic rings. The van der Waals surface area contributed by atoms with E-state index < -0.39 is 24.5 Å². The van der Waals surface area contributed by atoms with E-state index in [0.29, 0.717) is 4.90 Å². The number of rotatable bonds is 6.